The molecule has 0 saturated carbocycles. The number of rotatable bonds is 8. The summed E-state index contributed by atoms with van der Waals surface area (Å²) in [4.78, 5) is 14.5. The van der Waals surface area contributed by atoms with Gasteiger partial charge in [-0.1, -0.05) is 17.7 Å². The molecule has 2 rings (SSSR count). The molecule has 0 aliphatic carbocycles. The molecule has 2 aromatic carbocycles. The molecular weight excluding hydrogens is 398 g/mol. The van der Waals surface area contributed by atoms with Gasteiger partial charge in [-0.3, -0.25) is 9.10 Å². The molecule has 0 heterocycles. The molecule has 0 unspecified atom stereocenters. The van der Waals surface area contributed by atoms with Gasteiger partial charge in [-0.25, -0.2) is 8.42 Å². The summed E-state index contributed by atoms with van der Waals surface area (Å²) in [6, 6.07) is 11.2. The number of nitrogens with one attached hydrogen (secondary N) is 1. The maximum Gasteiger partial charge on any atom is 0.264 e. The lowest BCUT2D eigenvalue weighted by Gasteiger charge is -2.25. The van der Waals surface area contributed by atoms with E-state index in [4.69, 9.17) is 11.6 Å². The zero-order valence-electron chi connectivity index (χ0n) is 16.6. The highest BCUT2D eigenvalue weighted by atomic mass is 35.5. The van der Waals surface area contributed by atoms with Crippen LogP contribution < -0.4 is 9.62 Å². The number of sulfonamides is 1. The highest BCUT2D eigenvalue weighted by Gasteiger charge is 2.27. The third kappa shape index (κ3) is 5.70. The Morgan fingerprint density at radius 2 is 1.68 bits per heavy atom. The lowest BCUT2D eigenvalue weighted by atomic mass is 10.1. The smallest absolute Gasteiger partial charge is 0.264 e. The van der Waals surface area contributed by atoms with Crippen LogP contribution in [0.25, 0.3) is 0 Å². The Kier molecular flexibility index (Phi) is 7.46. The molecule has 8 heteroatoms. The fraction of sp³-hybridized carbons (Fsp3) is 0.350. The van der Waals surface area contributed by atoms with E-state index in [0.29, 0.717) is 23.8 Å². The standard InChI is InChI=1S/C20H26ClN3O3S/c1-15-5-8-18(13-16(15)2)24(14-20(25)22-11-12-23(3)4)28(26,27)19-9-6-17(21)7-10-19/h5-10,13H,11-12,14H2,1-4H3,(H,22,25). The minimum atomic E-state index is -3.93. The van der Waals surface area contributed by atoms with Gasteiger partial charge in [-0.2, -0.15) is 0 Å². The van der Waals surface area contributed by atoms with E-state index in [1.54, 1.807) is 12.1 Å². The first kappa shape index (κ1) is 22.2. The second-order valence-corrected chi connectivity index (χ2v) is 9.19. The predicted octanol–water partition coefficient (Wildman–Crippen LogP) is 2.83. The van der Waals surface area contributed by atoms with Crippen LogP contribution in [-0.2, 0) is 14.8 Å². The van der Waals surface area contributed by atoms with E-state index in [0.717, 1.165) is 15.4 Å². The van der Waals surface area contributed by atoms with Crippen LogP contribution in [0.4, 0.5) is 5.69 Å². The number of anilines is 1. The number of carbonyl (C=O) groups excluding carboxylic acids is 1. The SMILES string of the molecule is Cc1ccc(N(CC(=O)NCCN(C)C)S(=O)(=O)c2ccc(Cl)cc2)cc1C. The number of hydrogen-bond donors (Lipinski definition) is 1. The van der Waals surface area contributed by atoms with E-state index >= 15 is 0 Å². The Bertz CT molecular complexity index is 928. The Morgan fingerprint density at radius 1 is 1.04 bits per heavy atom. The van der Waals surface area contributed by atoms with Crippen molar-refractivity contribution in [1.29, 1.82) is 0 Å². The predicted molar refractivity (Wildman–Crippen MR) is 113 cm³/mol. The number of nitrogens with zero attached hydrogens (tertiary/aromatic N) is 2. The monoisotopic (exact) mass is 423 g/mol. The average Bonchev–Trinajstić information content (AvgIpc) is 2.62. The first-order valence-corrected chi connectivity index (χ1v) is 10.7. The van der Waals surface area contributed by atoms with Gasteiger partial charge in [0.1, 0.15) is 6.54 Å². The van der Waals surface area contributed by atoms with E-state index in [-0.39, 0.29) is 17.3 Å². The molecule has 1 N–H and O–H groups in total. The molecule has 0 atom stereocenters. The molecule has 152 valence electrons. The number of hydrogen-bond acceptors (Lipinski definition) is 4. The van der Waals surface area contributed by atoms with Crippen molar-refractivity contribution in [3.63, 3.8) is 0 Å². The van der Waals surface area contributed by atoms with Gasteiger partial charge in [0.2, 0.25) is 5.91 Å². The Morgan fingerprint density at radius 3 is 2.25 bits per heavy atom. The lowest BCUT2D eigenvalue weighted by Crippen LogP contribution is -2.42. The van der Waals surface area contributed by atoms with Crippen molar-refractivity contribution in [3.05, 3.63) is 58.6 Å². The zero-order valence-corrected chi connectivity index (χ0v) is 18.1. The fourth-order valence-corrected chi connectivity index (χ4v) is 4.07. The maximum absolute atomic E-state index is 13.3. The molecule has 0 aliphatic heterocycles. The summed E-state index contributed by atoms with van der Waals surface area (Å²) in [6.07, 6.45) is 0. The topological polar surface area (TPSA) is 69.7 Å². The van der Waals surface area contributed by atoms with Crippen LogP contribution in [0.15, 0.2) is 47.4 Å². The maximum atomic E-state index is 13.3. The number of halogens is 1. The van der Waals surface area contributed by atoms with Gasteiger partial charge >= 0.3 is 0 Å². The van der Waals surface area contributed by atoms with Gasteiger partial charge in [-0.15, -0.1) is 0 Å². The van der Waals surface area contributed by atoms with E-state index in [1.807, 2.05) is 38.9 Å². The Labute approximate surface area is 172 Å². The van der Waals surface area contributed by atoms with Crippen LogP contribution in [0.5, 0.6) is 0 Å². The summed E-state index contributed by atoms with van der Waals surface area (Å²) in [6.45, 7) is 4.65. The fourth-order valence-electron chi connectivity index (χ4n) is 2.53. The first-order chi connectivity index (χ1) is 13.1. The number of likely N-dealkylation sites (N-methyl/N-ethyl adjacent to an activating group) is 1. The van der Waals surface area contributed by atoms with Crippen molar-refractivity contribution in [2.45, 2.75) is 18.7 Å². The number of amides is 1. The molecule has 0 aliphatic rings. The molecule has 0 bridgehead atoms. The third-order valence-corrected chi connectivity index (χ3v) is 6.39. The average molecular weight is 424 g/mol. The highest BCUT2D eigenvalue weighted by Crippen LogP contribution is 2.26. The minimum absolute atomic E-state index is 0.0798. The Balaban J connectivity index is 2.36. The molecule has 28 heavy (non-hydrogen) atoms. The van der Waals surface area contributed by atoms with Crippen molar-refractivity contribution in [2.75, 3.05) is 38.0 Å². The second kappa shape index (κ2) is 9.41. The molecule has 1 amide bonds. The minimum Gasteiger partial charge on any atom is -0.353 e. The molecule has 6 nitrogen and oxygen atoms in total. The molecule has 0 spiro atoms. The zero-order chi connectivity index (χ0) is 20.9. The van der Waals surface area contributed by atoms with Gasteiger partial charge in [0, 0.05) is 18.1 Å². The summed E-state index contributed by atoms with van der Waals surface area (Å²) >= 11 is 5.89. The molecule has 0 aromatic heterocycles. The number of aryl methyl sites for hydroxylation is 2. The molecule has 2 aromatic rings. The largest absolute Gasteiger partial charge is 0.353 e. The second-order valence-electron chi connectivity index (χ2n) is 6.89. The van der Waals surface area contributed by atoms with Gasteiger partial charge < -0.3 is 10.2 Å². The van der Waals surface area contributed by atoms with Crippen LogP contribution >= 0.6 is 11.6 Å². The Hall–Kier alpha value is -2.09. The summed E-state index contributed by atoms with van der Waals surface area (Å²) in [7, 11) is -0.131. The van der Waals surface area contributed by atoms with E-state index < -0.39 is 10.0 Å². The van der Waals surface area contributed by atoms with Crippen molar-refractivity contribution < 1.29 is 13.2 Å². The van der Waals surface area contributed by atoms with E-state index in [1.165, 1.54) is 24.3 Å². The van der Waals surface area contributed by atoms with Crippen molar-refractivity contribution in [2.24, 2.45) is 0 Å². The van der Waals surface area contributed by atoms with Gasteiger partial charge in [-0.05, 0) is 75.5 Å². The number of carbonyl (C=O) groups is 1. The highest BCUT2D eigenvalue weighted by molar-refractivity contribution is 7.92. The summed E-state index contributed by atoms with van der Waals surface area (Å²) in [5, 5.41) is 3.21. The van der Waals surface area contributed by atoms with Crippen LogP contribution in [0, 0.1) is 13.8 Å². The van der Waals surface area contributed by atoms with Crippen molar-refractivity contribution in [1.82, 2.24) is 10.2 Å². The van der Waals surface area contributed by atoms with Crippen LogP contribution in [0.2, 0.25) is 5.02 Å². The van der Waals surface area contributed by atoms with E-state index in [9.17, 15) is 13.2 Å². The third-order valence-electron chi connectivity index (χ3n) is 4.35. The normalized spacial score (nSPS) is 11.5. The van der Waals surface area contributed by atoms with Crippen LogP contribution in [0.3, 0.4) is 0 Å². The lowest BCUT2D eigenvalue weighted by molar-refractivity contribution is -0.119. The quantitative estimate of drug-likeness (QED) is 0.708. The van der Waals surface area contributed by atoms with Crippen LogP contribution in [0.1, 0.15) is 11.1 Å². The molecule has 0 saturated heterocycles. The van der Waals surface area contributed by atoms with E-state index in [2.05, 4.69) is 5.32 Å². The summed E-state index contributed by atoms with van der Waals surface area (Å²) < 4.78 is 27.6. The van der Waals surface area contributed by atoms with Crippen LogP contribution in [-0.4, -0.2) is 53.0 Å². The van der Waals surface area contributed by atoms with Crippen molar-refractivity contribution in [3.8, 4) is 0 Å². The van der Waals surface area contributed by atoms with Gasteiger partial charge in [0.05, 0.1) is 10.6 Å². The molecular formula is C20H26ClN3O3S. The first-order valence-electron chi connectivity index (χ1n) is 8.88. The van der Waals surface area contributed by atoms with Crippen molar-refractivity contribution >= 4 is 33.2 Å². The molecule has 0 radical (unpaired) electrons. The molecule has 0 fully saturated rings. The summed E-state index contributed by atoms with van der Waals surface area (Å²) in [5.41, 5.74) is 2.44. The van der Waals surface area contributed by atoms with Gasteiger partial charge in [0.25, 0.3) is 10.0 Å². The summed E-state index contributed by atoms with van der Waals surface area (Å²) in [5.74, 6) is -0.363. The number of benzene rings is 2. The van der Waals surface area contributed by atoms with Gasteiger partial charge in [0.15, 0.2) is 0 Å².